The summed E-state index contributed by atoms with van der Waals surface area (Å²) in [5, 5.41) is 9.67. The number of carboxylic acid groups (broad SMARTS) is 1. The number of quaternary nitrogens is 1. The van der Waals surface area contributed by atoms with Gasteiger partial charge in [0.05, 0.1) is 34.4 Å². The summed E-state index contributed by atoms with van der Waals surface area (Å²) in [4.78, 5) is 37.3. The average molecular weight is 929 g/mol. The number of carbonyl (C=O) groups is 3. The van der Waals surface area contributed by atoms with Crippen molar-refractivity contribution in [1.82, 2.24) is 0 Å². The molecule has 0 spiro atoms. The lowest BCUT2D eigenvalue weighted by Gasteiger charge is -2.31. The lowest BCUT2D eigenvalue weighted by Crippen LogP contribution is -2.50. The Bertz CT molecular complexity index is 1220. The average Bonchev–Trinajstić information content (AvgIpc) is 3.28. The van der Waals surface area contributed by atoms with Gasteiger partial charge < -0.3 is 23.8 Å². The molecule has 0 aromatic carbocycles. The lowest BCUT2D eigenvalue weighted by molar-refractivity contribution is -0.887. The van der Waals surface area contributed by atoms with Gasteiger partial charge in [0.15, 0.2) is 12.1 Å². The summed E-state index contributed by atoms with van der Waals surface area (Å²) in [6.45, 7) is 4.57. The highest BCUT2D eigenvalue weighted by atomic mass is 16.6. The first kappa shape index (κ1) is 63.3. The van der Waals surface area contributed by atoms with Crippen molar-refractivity contribution in [2.24, 2.45) is 0 Å². The summed E-state index contributed by atoms with van der Waals surface area (Å²) in [6.07, 6.45) is 60.3. The number of likely N-dealkylation sites (N-methyl/N-ethyl adjacent to an activating group) is 1. The molecule has 0 saturated heterocycles. The maximum Gasteiger partial charge on any atom is 0.362 e. The van der Waals surface area contributed by atoms with Gasteiger partial charge in [-0.2, -0.15) is 0 Å². The minimum Gasteiger partial charge on any atom is -0.477 e. The Morgan fingerprint density at radius 2 is 0.803 bits per heavy atom. The Hall–Kier alpha value is -2.71. The SMILES string of the molecule is CC/C=C/C/C=C/CCCCCCCCCCCCCCCCC(=O)OCC(COCCC(C(=O)O)[N+](C)(C)C)OC(=O)CCCCCCCCCCCCCCCC/C=C/C/C=C/CC. The molecule has 0 aliphatic heterocycles. The van der Waals surface area contributed by atoms with Crippen LogP contribution in [0.15, 0.2) is 48.6 Å². The molecule has 0 saturated carbocycles. The van der Waals surface area contributed by atoms with Crippen LogP contribution in [0.4, 0.5) is 0 Å². The molecule has 0 aromatic rings. The number of aliphatic carboxylic acids is 1. The van der Waals surface area contributed by atoms with Gasteiger partial charge in [-0.1, -0.05) is 217 Å². The Labute approximate surface area is 407 Å². The Morgan fingerprint density at radius 1 is 0.455 bits per heavy atom. The number of carboxylic acids is 1. The number of carbonyl (C=O) groups excluding carboxylic acids is 2. The fourth-order valence-electron chi connectivity index (χ4n) is 8.29. The van der Waals surface area contributed by atoms with E-state index in [4.69, 9.17) is 14.2 Å². The summed E-state index contributed by atoms with van der Waals surface area (Å²) < 4.78 is 17.4. The normalized spacial score (nSPS) is 13.2. The number of nitrogens with zero attached hydrogens (tertiary/aromatic N) is 1. The lowest BCUT2D eigenvalue weighted by atomic mass is 10.0. The number of hydrogen-bond donors (Lipinski definition) is 1. The quantitative estimate of drug-likeness (QED) is 0.0281. The van der Waals surface area contributed by atoms with E-state index in [-0.39, 0.29) is 36.2 Å². The standard InChI is InChI=1S/C58H105NO7/c1-6-8-10-12-14-16-18-20-22-24-26-28-30-32-34-36-38-40-42-44-46-48-56(60)65-53-54(52-64-51-50-55(58(62)63)59(3,4)5)66-57(61)49-47-45-43-41-39-37-35-33-31-29-27-25-23-21-19-17-15-13-11-9-7-2/h8-11,14-17,54-55H,6-7,12-13,18-53H2,1-5H3/p+1/b10-8+,11-9+,16-14+,17-15+. The first-order chi connectivity index (χ1) is 32.1. The van der Waals surface area contributed by atoms with Gasteiger partial charge in [0.25, 0.3) is 0 Å². The number of allylic oxidation sites excluding steroid dienone is 8. The fraction of sp³-hybridized carbons (Fsp3) is 0.810. The van der Waals surface area contributed by atoms with Crippen molar-refractivity contribution in [2.75, 3.05) is 41.0 Å². The van der Waals surface area contributed by atoms with E-state index < -0.39 is 18.1 Å². The Morgan fingerprint density at radius 3 is 1.17 bits per heavy atom. The summed E-state index contributed by atoms with van der Waals surface area (Å²) in [5.74, 6) is -1.45. The smallest absolute Gasteiger partial charge is 0.362 e. The van der Waals surface area contributed by atoms with Crippen LogP contribution in [0.25, 0.3) is 0 Å². The molecule has 2 atom stereocenters. The van der Waals surface area contributed by atoms with Gasteiger partial charge >= 0.3 is 17.9 Å². The van der Waals surface area contributed by atoms with Gasteiger partial charge in [0.1, 0.15) is 6.61 Å². The fourth-order valence-corrected chi connectivity index (χ4v) is 8.29. The number of ether oxygens (including phenoxy) is 3. The molecular weight excluding hydrogens is 823 g/mol. The van der Waals surface area contributed by atoms with Gasteiger partial charge in [-0.05, 0) is 64.2 Å². The highest BCUT2D eigenvalue weighted by Gasteiger charge is 2.31. The molecule has 8 heteroatoms. The molecule has 0 radical (unpaired) electrons. The summed E-state index contributed by atoms with van der Waals surface area (Å²) in [7, 11) is 5.55. The maximum absolute atomic E-state index is 12.8. The number of unbranched alkanes of at least 4 members (excludes halogenated alkanes) is 28. The molecule has 384 valence electrons. The van der Waals surface area contributed by atoms with Gasteiger partial charge in [0.2, 0.25) is 0 Å². The van der Waals surface area contributed by atoms with E-state index in [1.165, 1.54) is 154 Å². The zero-order valence-corrected chi connectivity index (χ0v) is 43.9. The van der Waals surface area contributed by atoms with E-state index >= 15 is 0 Å². The molecule has 0 fully saturated rings. The first-order valence-electron chi connectivity index (χ1n) is 27.7. The van der Waals surface area contributed by atoms with Crippen LogP contribution in [0.3, 0.4) is 0 Å². The highest BCUT2D eigenvalue weighted by molar-refractivity contribution is 5.72. The molecule has 0 aliphatic carbocycles. The van der Waals surface area contributed by atoms with Crippen molar-refractivity contribution in [3.05, 3.63) is 48.6 Å². The van der Waals surface area contributed by atoms with Crippen molar-refractivity contribution in [2.45, 2.75) is 264 Å². The summed E-state index contributed by atoms with van der Waals surface area (Å²) in [6, 6.07) is -0.615. The molecule has 8 nitrogen and oxygen atoms in total. The third-order valence-electron chi connectivity index (χ3n) is 12.5. The van der Waals surface area contributed by atoms with Crippen LogP contribution < -0.4 is 0 Å². The second kappa shape index (κ2) is 48.7. The second-order valence-corrected chi connectivity index (χ2v) is 19.8. The summed E-state index contributed by atoms with van der Waals surface area (Å²) >= 11 is 0. The van der Waals surface area contributed by atoms with Crippen LogP contribution in [0.2, 0.25) is 0 Å². The van der Waals surface area contributed by atoms with Gasteiger partial charge in [-0.25, -0.2) is 4.79 Å². The van der Waals surface area contributed by atoms with Gasteiger partial charge in [0, 0.05) is 19.3 Å². The highest BCUT2D eigenvalue weighted by Crippen LogP contribution is 2.17. The van der Waals surface area contributed by atoms with Gasteiger partial charge in [-0.3, -0.25) is 9.59 Å². The van der Waals surface area contributed by atoms with Crippen molar-refractivity contribution in [1.29, 1.82) is 0 Å². The predicted octanol–water partition coefficient (Wildman–Crippen LogP) is 16.3. The van der Waals surface area contributed by atoms with Crippen LogP contribution in [-0.4, -0.2) is 80.6 Å². The van der Waals surface area contributed by atoms with Crippen molar-refractivity contribution in [3.63, 3.8) is 0 Å². The molecule has 0 bridgehead atoms. The largest absolute Gasteiger partial charge is 0.477 e. The number of rotatable bonds is 50. The molecule has 0 rings (SSSR count). The minimum absolute atomic E-state index is 0.0489. The molecule has 0 aromatic heterocycles. The topological polar surface area (TPSA) is 99.1 Å². The predicted molar refractivity (Wildman–Crippen MR) is 280 cm³/mol. The number of hydrogen-bond acceptors (Lipinski definition) is 6. The third-order valence-corrected chi connectivity index (χ3v) is 12.5. The van der Waals surface area contributed by atoms with Crippen LogP contribution >= 0.6 is 0 Å². The molecular formula is C58H106NO7+. The number of esters is 2. The van der Waals surface area contributed by atoms with E-state index in [9.17, 15) is 19.5 Å². The Kier molecular flexibility index (Phi) is 46.7. The summed E-state index contributed by atoms with van der Waals surface area (Å²) in [5.41, 5.74) is 0. The first-order valence-corrected chi connectivity index (χ1v) is 27.7. The molecule has 2 unspecified atom stereocenters. The van der Waals surface area contributed by atoms with Crippen LogP contribution in [-0.2, 0) is 28.6 Å². The van der Waals surface area contributed by atoms with Crippen molar-refractivity contribution >= 4 is 17.9 Å². The van der Waals surface area contributed by atoms with Crippen molar-refractivity contribution in [3.8, 4) is 0 Å². The molecule has 0 amide bonds. The third kappa shape index (κ3) is 46.4. The van der Waals surface area contributed by atoms with E-state index in [1.54, 1.807) is 0 Å². The molecule has 66 heavy (non-hydrogen) atoms. The Balaban J connectivity index is 4.15. The van der Waals surface area contributed by atoms with E-state index in [1.807, 2.05) is 21.1 Å². The second-order valence-electron chi connectivity index (χ2n) is 19.8. The van der Waals surface area contributed by atoms with E-state index in [0.717, 1.165) is 64.2 Å². The van der Waals surface area contributed by atoms with Crippen LogP contribution in [0.5, 0.6) is 0 Å². The maximum atomic E-state index is 12.8. The minimum atomic E-state index is -0.872. The van der Waals surface area contributed by atoms with Crippen LogP contribution in [0, 0.1) is 0 Å². The monoisotopic (exact) mass is 929 g/mol. The van der Waals surface area contributed by atoms with Crippen molar-refractivity contribution < 1.29 is 38.2 Å². The van der Waals surface area contributed by atoms with Crippen LogP contribution in [0.1, 0.15) is 251 Å². The molecule has 0 heterocycles. The van der Waals surface area contributed by atoms with E-state index in [0.29, 0.717) is 19.3 Å². The zero-order valence-electron chi connectivity index (χ0n) is 43.9. The van der Waals surface area contributed by atoms with E-state index in [2.05, 4.69) is 62.5 Å². The zero-order chi connectivity index (χ0) is 48.4. The molecule has 1 N–H and O–H groups in total. The van der Waals surface area contributed by atoms with Gasteiger partial charge in [-0.15, -0.1) is 0 Å². The molecule has 0 aliphatic rings.